The molecule has 0 aromatic carbocycles. The van der Waals surface area contributed by atoms with Crippen LogP contribution in [0.25, 0.3) is 5.95 Å². The Morgan fingerprint density at radius 1 is 1.16 bits per heavy atom. The van der Waals surface area contributed by atoms with Gasteiger partial charge in [-0.05, 0) is 38.8 Å². The summed E-state index contributed by atoms with van der Waals surface area (Å²) < 4.78 is 2.02. The molecule has 19 heavy (non-hydrogen) atoms. The zero-order chi connectivity index (χ0) is 13.4. The molecule has 99 valence electrons. The van der Waals surface area contributed by atoms with E-state index in [1.165, 1.54) is 0 Å². The van der Waals surface area contributed by atoms with Gasteiger partial charge in [0.05, 0.1) is 0 Å². The summed E-state index contributed by atoms with van der Waals surface area (Å²) in [5, 5.41) is 0.486. The number of hydrogen-bond donors (Lipinski definition) is 0. The van der Waals surface area contributed by atoms with Crippen molar-refractivity contribution in [3.05, 3.63) is 41.2 Å². The number of hydrogen-bond acceptors (Lipinski definition) is 3. The van der Waals surface area contributed by atoms with Crippen molar-refractivity contribution in [2.75, 3.05) is 18.0 Å². The highest BCUT2D eigenvalue weighted by atomic mass is 35.5. The van der Waals surface area contributed by atoms with Gasteiger partial charge in [-0.3, -0.25) is 4.57 Å². The average molecular weight is 276 g/mol. The SMILES string of the molecule is Cc1ccc(C)n1-c1nc(Cl)cc(N2C[CH]CC2)n1. The van der Waals surface area contributed by atoms with Gasteiger partial charge in [0, 0.05) is 30.5 Å². The molecule has 2 aromatic rings. The predicted molar refractivity (Wildman–Crippen MR) is 77.0 cm³/mol. The zero-order valence-corrected chi connectivity index (χ0v) is 11.9. The van der Waals surface area contributed by atoms with E-state index in [0.717, 1.165) is 36.7 Å². The predicted octanol–water partition coefficient (Wildman–Crippen LogP) is 2.95. The quantitative estimate of drug-likeness (QED) is 0.790. The lowest BCUT2D eigenvalue weighted by Gasteiger charge is -2.18. The lowest BCUT2D eigenvalue weighted by atomic mass is 10.4. The largest absolute Gasteiger partial charge is 0.356 e. The van der Waals surface area contributed by atoms with E-state index in [1.54, 1.807) is 0 Å². The van der Waals surface area contributed by atoms with Crippen molar-refractivity contribution in [2.45, 2.75) is 20.3 Å². The summed E-state index contributed by atoms with van der Waals surface area (Å²) in [7, 11) is 0. The number of aryl methyl sites for hydroxylation is 2. The third-order valence-electron chi connectivity index (χ3n) is 3.42. The highest BCUT2D eigenvalue weighted by Crippen LogP contribution is 2.23. The van der Waals surface area contributed by atoms with Gasteiger partial charge in [-0.1, -0.05) is 11.6 Å². The van der Waals surface area contributed by atoms with E-state index >= 15 is 0 Å². The Hall–Kier alpha value is -1.55. The maximum absolute atomic E-state index is 6.15. The van der Waals surface area contributed by atoms with E-state index in [9.17, 15) is 0 Å². The van der Waals surface area contributed by atoms with E-state index < -0.39 is 0 Å². The van der Waals surface area contributed by atoms with Gasteiger partial charge in [0.1, 0.15) is 11.0 Å². The maximum atomic E-state index is 6.15. The van der Waals surface area contributed by atoms with Gasteiger partial charge in [-0.15, -0.1) is 0 Å². The van der Waals surface area contributed by atoms with Crippen molar-refractivity contribution in [3.63, 3.8) is 0 Å². The number of anilines is 1. The zero-order valence-electron chi connectivity index (χ0n) is 11.1. The molecule has 1 radical (unpaired) electrons. The van der Waals surface area contributed by atoms with E-state index in [-0.39, 0.29) is 0 Å². The van der Waals surface area contributed by atoms with Gasteiger partial charge >= 0.3 is 0 Å². The fourth-order valence-corrected chi connectivity index (χ4v) is 2.61. The van der Waals surface area contributed by atoms with Crippen molar-refractivity contribution in [1.29, 1.82) is 0 Å². The first-order valence-electron chi connectivity index (χ1n) is 6.41. The Morgan fingerprint density at radius 2 is 1.89 bits per heavy atom. The molecule has 1 aliphatic heterocycles. The Morgan fingerprint density at radius 3 is 2.53 bits per heavy atom. The summed E-state index contributed by atoms with van der Waals surface area (Å²) in [6.07, 6.45) is 3.35. The fourth-order valence-electron chi connectivity index (χ4n) is 2.43. The molecule has 4 nitrogen and oxygen atoms in total. The van der Waals surface area contributed by atoms with Crippen LogP contribution in [0.3, 0.4) is 0 Å². The minimum Gasteiger partial charge on any atom is -0.356 e. The molecule has 0 amide bonds. The van der Waals surface area contributed by atoms with E-state index in [1.807, 2.05) is 24.5 Å². The summed E-state index contributed by atoms with van der Waals surface area (Å²) in [5.41, 5.74) is 2.22. The van der Waals surface area contributed by atoms with Crippen LogP contribution in [-0.2, 0) is 0 Å². The second-order valence-electron chi connectivity index (χ2n) is 4.82. The Kier molecular flexibility index (Phi) is 3.19. The van der Waals surface area contributed by atoms with Gasteiger partial charge in [0.2, 0.25) is 5.95 Å². The minimum atomic E-state index is 0.486. The first-order chi connectivity index (χ1) is 9.15. The van der Waals surface area contributed by atoms with Crippen molar-refractivity contribution < 1.29 is 0 Å². The molecule has 2 aromatic heterocycles. The van der Waals surface area contributed by atoms with Crippen molar-refractivity contribution in [2.24, 2.45) is 0 Å². The van der Waals surface area contributed by atoms with Gasteiger partial charge < -0.3 is 4.90 Å². The van der Waals surface area contributed by atoms with Crippen molar-refractivity contribution in [3.8, 4) is 5.95 Å². The summed E-state index contributed by atoms with van der Waals surface area (Å²) in [5.74, 6) is 1.55. The van der Waals surface area contributed by atoms with Gasteiger partial charge in [0.15, 0.2) is 0 Å². The van der Waals surface area contributed by atoms with E-state index in [2.05, 4.69) is 33.4 Å². The lowest BCUT2D eigenvalue weighted by molar-refractivity contribution is 0.850. The highest BCUT2D eigenvalue weighted by molar-refractivity contribution is 6.29. The molecule has 1 fully saturated rings. The van der Waals surface area contributed by atoms with Crippen LogP contribution in [0.15, 0.2) is 18.2 Å². The molecule has 5 heteroatoms. The molecular formula is C14H16ClN4. The van der Waals surface area contributed by atoms with Crippen LogP contribution >= 0.6 is 11.6 Å². The highest BCUT2D eigenvalue weighted by Gasteiger charge is 2.17. The topological polar surface area (TPSA) is 34.0 Å². The third-order valence-corrected chi connectivity index (χ3v) is 3.61. The van der Waals surface area contributed by atoms with Gasteiger partial charge in [-0.25, -0.2) is 4.98 Å². The van der Waals surface area contributed by atoms with Crippen LogP contribution in [-0.4, -0.2) is 27.6 Å². The Bertz CT molecular complexity index is 580. The smallest absolute Gasteiger partial charge is 0.237 e. The summed E-state index contributed by atoms with van der Waals surface area (Å²) >= 11 is 6.15. The second-order valence-corrected chi connectivity index (χ2v) is 5.21. The van der Waals surface area contributed by atoms with Crippen LogP contribution in [0.4, 0.5) is 5.82 Å². The summed E-state index contributed by atoms with van der Waals surface area (Å²) in [6.45, 7) is 6.01. The molecule has 1 saturated heterocycles. The summed E-state index contributed by atoms with van der Waals surface area (Å²) in [6, 6.07) is 5.95. The van der Waals surface area contributed by atoms with Gasteiger partial charge in [0.25, 0.3) is 0 Å². The first-order valence-corrected chi connectivity index (χ1v) is 6.79. The summed E-state index contributed by atoms with van der Waals surface area (Å²) in [4.78, 5) is 11.2. The second kappa shape index (κ2) is 4.85. The van der Waals surface area contributed by atoms with Crippen LogP contribution in [0.1, 0.15) is 17.8 Å². The van der Waals surface area contributed by atoms with Crippen LogP contribution in [0.5, 0.6) is 0 Å². The minimum absolute atomic E-state index is 0.486. The Labute approximate surface area is 118 Å². The monoisotopic (exact) mass is 275 g/mol. The molecule has 0 bridgehead atoms. The normalized spacial score (nSPS) is 15.2. The maximum Gasteiger partial charge on any atom is 0.237 e. The van der Waals surface area contributed by atoms with E-state index in [4.69, 9.17) is 11.6 Å². The molecule has 3 rings (SSSR count). The molecule has 0 aliphatic carbocycles. The molecule has 0 saturated carbocycles. The molecule has 0 spiro atoms. The Balaban J connectivity index is 2.07. The van der Waals surface area contributed by atoms with Crippen LogP contribution < -0.4 is 4.90 Å². The number of halogens is 1. The number of aromatic nitrogens is 3. The molecule has 0 atom stereocenters. The number of rotatable bonds is 2. The van der Waals surface area contributed by atoms with E-state index in [0.29, 0.717) is 11.1 Å². The molecule has 3 heterocycles. The fraction of sp³-hybridized carbons (Fsp3) is 0.357. The average Bonchev–Trinajstić information content (AvgIpc) is 2.99. The first kappa shape index (κ1) is 12.5. The standard InChI is InChI=1S/C14H16ClN4/c1-10-5-6-11(2)19(10)14-16-12(15)9-13(17-14)18-7-3-4-8-18/h3,5-6,9H,4,7-8H2,1-2H3. The number of nitrogens with zero attached hydrogens (tertiary/aromatic N) is 4. The molecular weight excluding hydrogens is 260 g/mol. The molecule has 0 N–H and O–H groups in total. The van der Waals surface area contributed by atoms with Crippen molar-refractivity contribution in [1.82, 2.24) is 14.5 Å². The third kappa shape index (κ3) is 2.32. The van der Waals surface area contributed by atoms with Crippen LogP contribution in [0, 0.1) is 20.3 Å². The van der Waals surface area contributed by atoms with Gasteiger partial charge in [-0.2, -0.15) is 4.98 Å². The lowest BCUT2D eigenvalue weighted by Crippen LogP contribution is -2.20. The molecule has 1 aliphatic rings. The van der Waals surface area contributed by atoms with Crippen molar-refractivity contribution >= 4 is 17.4 Å². The molecule has 0 unspecified atom stereocenters. The van der Waals surface area contributed by atoms with Crippen LogP contribution in [0.2, 0.25) is 5.15 Å².